The van der Waals surface area contributed by atoms with E-state index in [0.717, 1.165) is 24.9 Å². The van der Waals surface area contributed by atoms with Crippen LogP contribution in [-0.2, 0) is 21.4 Å². The molecule has 1 aromatic carbocycles. The van der Waals surface area contributed by atoms with Gasteiger partial charge in [-0.1, -0.05) is 24.6 Å². The fraction of sp³-hybridized carbons (Fsp3) is 0.474. The number of sulfonamides is 1. The third kappa shape index (κ3) is 4.39. The van der Waals surface area contributed by atoms with Gasteiger partial charge in [-0.3, -0.25) is 9.48 Å². The first-order valence-electron chi connectivity index (χ1n) is 9.28. The molecule has 1 fully saturated rings. The van der Waals surface area contributed by atoms with Gasteiger partial charge in [-0.25, -0.2) is 8.42 Å². The van der Waals surface area contributed by atoms with Crippen molar-refractivity contribution in [1.82, 2.24) is 14.1 Å². The highest BCUT2D eigenvalue weighted by Gasteiger charge is 2.31. The summed E-state index contributed by atoms with van der Waals surface area (Å²) in [5.41, 5.74) is 1.82. The van der Waals surface area contributed by atoms with Crippen molar-refractivity contribution < 1.29 is 13.2 Å². The van der Waals surface area contributed by atoms with E-state index in [-0.39, 0.29) is 17.2 Å². The van der Waals surface area contributed by atoms with Crippen LogP contribution in [-0.4, -0.2) is 41.5 Å². The average molecular weight is 391 g/mol. The minimum atomic E-state index is -3.54. The second-order valence-electron chi connectivity index (χ2n) is 6.85. The van der Waals surface area contributed by atoms with E-state index in [1.807, 2.05) is 30.3 Å². The lowest BCUT2D eigenvalue weighted by Gasteiger charge is -2.26. The molecule has 27 heavy (non-hydrogen) atoms. The fourth-order valence-corrected chi connectivity index (χ4v) is 5.35. The Balaban J connectivity index is 1.71. The highest BCUT2D eigenvalue weighted by atomic mass is 32.2. The van der Waals surface area contributed by atoms with Crippen LogP contribution in [0.3, 0.4) is 0 Å². The van der Waals surface area contributed by atoms with E-state index in [2.05, 4.69) is 10.4 Å². The van der Waals surface area contributed by atoms with Gasteiger partial charge in [0.25, 0.3) is 0 Å². The highest BCUT2D eigenvalue weighted by molar-refractivity contribution is 7.89. The molecule has 1 aromatic heterocycles. The Morgan fingerprint density at radius 1 is 1.11 bits per heavy atom. The van der Waals surface area contributed by atoms with Gasteiger partial charge in [-0.05, 0) is 38.8 Å². The number of amides is 1. The van der Waals surface area contributed by atoms with Gasteiger partial charge < -0.3 is 5.32 Å². The number of para-hydroxylation sites is 1. The molecule has 7 nitrogen and oxygen atoms in total. The van der Waals surface area contributed by atoms with Gasteiger partial charge in [0.1, 0.15) is 4.90 Å². The SMILES string of the molecule is Cc1nn(CCC(=O)Nc2ccccc2)c(C)c1S(=O)(=O)N1CCCCC1. The number of nitrogens with zero attached hydrogens (tertiary/aromatic N) is 3. The van der Waals surface area contributed by atoms with Crippen LogP contribution in [0.4, 0.5) is 5.69 Å². The molecule has 2 aromatic rings. The van der Waals surface area contributed by atoms with E-state index in [1.54, 1.807) is 22.8 Å². The Hall–Kier alpha value is -2.19. The molecule has 0 bridgehead atoms. The Kier molecular flexibility index (Phi) is 5.96. The molecule has 0 aliphatic carbocycles. The molecule has 1 N–H and O–H groups in total. The van der Waals surface area contributed by atoms with Gasteiger partial charge >= 0.3 is 0 Å². The minimum absolute atomic E-state index is 0.130. The average Bonchev–Trinajstić information content (AvgIpc) is 2.95. The molecular weight excluding hydrogens is 364 g/mol. The van der Waals surface area contributed by atoms with Crippen LogP contribution in [0.25, 0.3) is 0 Å². The van der Waals surface area contributed by atoms with Crippen molar-refractivity contribution in [3.05, 3.63) is 41.7 Å². The first-order valence-corrected chi connectivity index (χ1v) is 10.7. The summed E-state index contributed by atoms with van der Waals surface area (Å²) in [5, 5.41) is 7.21. The lowest BCUT2D eigenvalue weighted by molar-refractivity contribution is -0.116. The second-order valence-corrected chi connectivity index (χ2v) is 8.73. The number of carbonyl (C=O) groups excluding carboxylic acids is 1. The van der Waals surface area contributed by atoms with E-state index in [1.165, 1.54) is 0 Å². The maximum Gasteiger partial charge on any atom is 0.246 e. The van der Waals surface area contributed by atoms with Crippen molar-refractivity contribution in [3.8, 4) is 0 Å². The summed E-state index contributed by atoms with van der Waals surface area (Å²) in [7, 11) is -3.54. The predicted octanol–water partition coefficient (Wildman–Crippen LogP) is 2.70. The van der Waals surface area contributed by atoms with Gasteiger partial charge in [0, 0.05) is 25.2 Å². The summed E-state index contributed by atoms with van der Waals surface area (Å²) >= 11 is 0. The highest BCUT2D eigenvalue weighted by Crippen LogP contribution is 2.26. The van der Waals surface area contributed by atoms with Crippen LogP contribution in [0.1, 0.15) is 37.1 Å². The molecule has 146 valence electrons. The standard InChI is InChI=1S/C19H26N4O3S/c1-15-19(27(25,26)22-12-7-4-8-13-22)16(2)23(21-15)14-11-18(24)20-17-9-5-3-6-10-17/h3,5-6,9-10H,4,7-8,11-14H2,1-2H3,(H,20,24). The molecule has 1 amide bonds. The molecule has 1 aliphatic heterocycles. The number of aryl methyl sites for hydroxylation is 2. The van der Waals surface area contributed by atoms with Crippen molar-refractivity contribution in [1.29, 1.82) is 0 Å². The lowest BCUT2D eigenvalue weighted by atomic mass is 10.2. The number of hydrogen-bond donors (Lipinski definition) is 1. The Bertz CT molecular complexity index is 901. The normalized spacial score (nSPS) is 15.6. The zero-order valence-electron chi connectivity index (χ0n) is 15.8. The summed E-state index contributed by atoms with van der Waals surface area (Å²) < 4.78 is 29.2. The number of rotatable bonds is 6. The topological polar surface area (TPSA) is 84.3 Å². The second kappa shape index (κ2) is 8.22. The molecule has 0 spiro atoms. The summed E-state index contributed by atoms with van der Waals surface area (Å²) in [4.78, 5) is 12.4. The maximum atomic E-state index is 13.0. The van der Waals surface area contributed by atoms with Crippen LogP contribution in [0.5, 0.6) is 0 Å². The summed E-state index contributed by atoms with van der Waals surface area (Å²) in [6, 6.07) is 9.24. The number of aromatic nitrogens is 2. The third-order valence-electron chi connectivity index (χ3n) is 4.84. The number of benzene rings is 1. The first kappa shape index (κ1) is 19.6. The molecule has 3 rings (SSSR count). The van der Waals surface area contributed by atoms with E-state index in [4.69, 9.17) is 0 Å². The summed E-state index contributed by atoms with van der Waals surface area (Å²) in [6.07, 6.45) is 3.08. The van der Waals surface area contributed by atoms with Crippen molar-refractivity contribution in [3.63, 3.8) is 0 Å². The van der Waals surface area contributed by atoms with Crippen molar-refractivity contribution in [2.75, 3.05) is 18.4 Å². The molecule has 0 radical (unpaired) electrons. The van der Waals surface area contributed by atoms with Crippen molar-refractivity contribution in [2.24, 2.45) is 0 Å². The maximum absolute atomic E-state index is 13.0. The zero-order valence-corrected chi connectivity index (χ0v) is 16.6. The number of anilines is 1. The molecule has 1 saturated heterocycles. The molecular formula is C19H26N4O3S. The minimum Gasteiger partial charge on any atom is -0.326 e. The van der Waals surface area contributed by atoms with E-state index in [0.29, 0.717) is 31.0 Å². The monoisotopic (exact) mass is 390 g/mol. The van der Waals surface area contributed by atoms with Gasteiger partial charge in [0.05, 0.1) is 17.9 Å². The smallest absolute Gasteiger partial charge is 0.246 e. The Labute approximate surface area is 160 Å². The van der Waals surface area contributed by atoms with Crippen LogP contribution in [0, 0.1) is 13.8 Å². The first-order chi connectivity index (χ1) is 12.9. The van der Waals surface area contributed by atoms with Crippen LogP contribution in [0.15, 0.2) is 35.2 Å². The lowest BCUT2D eigenvalue weighted by Crippen LogP contribution is -2.36. The molecule has 0 atom stereocenters. The van der Waals surface area contributed by atoms with E-state index in [9.17, 15) is 13.2 Å². The Morgan fingerprint density at radius 2 is 1.78 bits per heavy atom. The van der Waals surface area contributed by atoms with Gasteiger partial charge in [-0.2, -0.15) is 9.40 Å². The van der Waals surface area contributed by atoms with E-state index < -0.39 is 10.0 Å². The predicted molar refractivity (Wildman–Crippen MR) is 104 cm³/mol. The molecule has 1 aliphatic rings. The zero-order chi connectivity index (χ0) is 19.4. The van der Waals surface area contributed by atoms with Gasteiger partial charge in [-0.15, -0.1) is 0 Å². The number of nitrogens with one attached hydrogen (secondary N) is 1. The Morgan fingerprint density at radius 3 is 2.44 bits per heavy atom. The quantitative estimate of drug-likeness (QED) is 0.822. The van der Waals surface area contributed by atoms with Crippen molar-refractivity contribution >= 4 is 21.6 Å². The van der Waals surface area contributed by atoms with Crippen LogP contribution in [0.2, 0.25) is 0 Å². The fourth-order valence-electron chi connectivity index (χ4n) is 3.46. The van der Waals surface area contributed by atoms with Crippen LogP contribution >= 0.6 is 0 Å². The number of hydrogen-bond acceptors (Lipinski definition) is 4. The third-order valence-corrected chi connectivity index (χ3v) is 6.99. The molecule has 8 heteroatoms. The summed E-state index contributed by atoms with van der Waals surface area (Å²) in [5.74, 6) is -0.130. The van der Waals surface area contributed by atoms with E-state index >= 15 is 0 Å². The molecule has 0 saturated carbocycles. The largest absolute Gasteiger partial charge is 0.326 e. The van der Waals surface area contributed by atoms with Crippen LogP contribution < -0.4 is 5.32 Å². The summed E-state index contributed by atoms with van der Waals surface area (Å²) in [6.45, 7) is 4.93. The molecule has 0 unspecified atom stereocenters. The molecule has 2 heterocycles. The van der Waals surface area contributed by atoms with Gasteiger partial charge in [0.2, 0.25) is 15.9 Å². The van der Waals surface area contributed by atoms with Gasteiger partial charge in [0.15, 0.2) is 0 Å². The number of carbonyl (C=O) groups is 1. The van der Waals surface area contributed by atoms with Crippen molar-refractivity contribution in [2.45, 2.75) is 51.0 Å². The number of piperidine rings is 1.